The minimum absolute atomic E-state index is 0.0296. The van der Waals surface area contributed by atoms with Crippen LogP contribution >= 0.6 is 0 Å². The number of anilines is 1. The van der Waals surface area contributed by atoms with Crippen molar-refractivity contribution in [3.63, 3.8) is 0 Å². The van der Waals surface area contributed by atoms with Gasteiger partial charge >= 0.3 is 0 Å². The van der Waals surface area contributed by atoms with E-state index < -0.39 is 0 Å². The number of fused-ring (bicyclic) bond motifs is 1. The number of carbonyl (C=O) groups is 1. The predicted molar refractivity (Wildman–Crippen MR) is 110 cm³/mol. The molecule has 2 fully saturated rings. The van der Waals surface area contributed by atoms with E-state index in [0.717, 1.165) is 63.0 Å². The average molecular weight is 399 g/mol. The van der Waals surface area contributed by atoms with E-state index >= 15 is 0 Å². The molecule has 156 valence electrons. The lowest BCUT2D eigenvalue weighted by Gasteiger charge is -2.37. The van der Waals surface area contributed by atoms with Crippen LogP contribution in [0.2, 0.25) is 0 Å². The molecule has 1 aromatic carbocycles. The van der Waals surface area contributed by atoms with Gasteiger partial charge in [-0.15, -0.1) is 0 Å². The van der Waals surface area contributed by atoms with E-state index in [2.05, 4.69) is 27.2 Å². The van der Waals surface area contributed by atoms with Gasteiger partial charge in [0.2, 0.25) is 12.7 Å². The smallest absolute Gasteiger partial charge is 0.234 e. The SMILES string of the molecule is N#CCC(=O)N[C@H]1CC[C@H](CCN2CCN(c3ccc4c(c3)OCO4)CC2)CC1. The topological polar surface area (TPSA) is 77.8 Å². The summed E-state index contributed by atoms with van der Waals surface area (Å²) >= 11 is 0. The lowest BCUT2D eigenvalue weighted by Crippen LogP contribution is -2.47. The second kappa shape index (κ2) is 9.36. The number of nitrogens with zero attached hydrogens (tertiary/aromatic N) is 3. The van der Waals surface area contributed by atoms with Crippen LogP contribution in [0.25, 0.3) is 0 Å². The van der Waals surface area contributed by atoms with Crippen molar-refractivity contribution in [1.29, 1.82) is 5.26 Å². The van der Waals surface area contributed by atoms with Crippen molar-refractivity contribution >= 4 is 11.6 Å². The molecule has 3 aliphatic rings. The molecule has 1 N–H and O–H groups in total. The number of carbonyl (C=O) groups excluding carboxylic acids is 1. The highest BCUT2D eigenvalue weighted by atomic mass is 16.7. The first kappa shape index (κ1) is 19.8. The second-order valence-electron chi connectivity index (χ2n) is 8.27. The fourth-order valence-electron chi connectivity index (χ4n) is 4.62. The summed E-state index contributed by atoms with van der Waals surface area (Å²) in [6.07, 6.45) is 5.64. The van der Waals surface area contributed by atoms with Crippen molar-refractivity contribution in [2.24, 2.45) is 5.92 Å². The van der Waals surface area contributed by atoms with Crippen molar-refractivity contribution in [2.45, 2.75) is 44.6 Å². The summed E-state index contributed by atoms with van der Waals surface area (Å²) in [6.45, 7) is 5.74. The van der Waals surface area contributed by atoms with E-state index in [1.165, 1.54) is 24.9 Å². The largest absolute Gasteiger partial charge is 0.454 e. The minimum atomic E-state index is -0.128. The quantitative estimate of drug-likeness (QED) is 0.793. The Morgan fingerprint density at radius 2 is 1.86 bits per heavy atom. The van der Waals surface area contributed by atoms with Gasteiger partial charge in [0, 0.05) is 44.0 Å². The summed E-state index contributed by atoms with van der Waals surface area (Å²) in [5.74, 6) is 2.32. The molecular formula is C22H30N4O3. The number of ether oxygens (including phenoxy) is 2. The van der Waals surface area contributed by atoms with Crippen molar-refractivity contribution in [1.82, 2.24) is 10.2 Å². The number of nitrogens with one attached hydrogen (secondary N) is 1. The van der Waals surface area contributed by atoms with E-state index in [9.17, 15) is 4.79 Å². The summed E-state index contributed by atoms with van der Waals surface area (Å²) in [5, 5.41) is 11.6. The second-order valence-corrected chi connectivity index (χ2v) is 8.27. The average Bonchev–Trinajstić information content (AvgIpc) is 3.22. The molecule has 29 heavy (non-hydrogen) atoms. The predicted octanol–water partition coefficient (Wildman–Crippen LogP) is 2.52. The van der Waals surface area contributed by atoms with Gasteiger partial charge in [-0.25, -0.2) is 0 Å². The zero-order chi connectivity index (χ0) is 20.1. The third kappa shape index (κ3) is 5.13. The third-order valence-electron chi connectivity index (χ3n) is 6.40. The van der Waals surface area contributed by atoms with E-state index in [1.807, 2.05) is 12.1 Å². The number of benzene rings is 1. The standard InChI is InChI=1S/C22H30N4O3/c23-9-7-22(27)24-18-3-1-17(2-4-18)8-10-25-11-13-26(14-12-25)19-5-6-20-21(15-19)29-16-28-20/h5-6,15,17-18H,1-4,7-8,10-14,16H2,(H,24,27)/t17-,18-. The molecule has 0 unspecified atom stereocenters. The maximum atomic E-state index is 11.6. The van der Waals surface area contributed by atoms with Gasteiger partial charge < -0.3 is 19.7 Å². The first-order valence-electron chi connectivity index (χ1n) is 10.7. The number of hydrogen-bond donors (Lipinski definition) is 1. The van der Waals surface area contributed by atoms with Crippen LogP contribution in [0.5, 0.6) is 11.5 Å². The van der Waals surface area contributed by atoms with Crippen LogP contribution < -0.4 is 19.7 Å². The lowest BCUT2D eigenvalue weighted by atomic mass is 9.84. The lowest BCUT2D eigenvalue weighted by molar-refractivity contribution is -0.121. The Balaban J connectivity index is 1.15. The van der Waals surface area contributed by atoms with Gasteiger partial charge in [-0.2, -0.15) is 5.26 Å². The van der Waals surface area contributed by atoms with Crippen LogP contribution in [-0.2, 0) is 4.79 Å². The first-order chi connectivity index (χ1) is 14.2. The molecule has 7 nitrogen and oxygen atoms in total. The summed E-state index contributed by atoms with van der Waals surface area (Å²) in [6, 6.07) is 8.39. The molecule has 0 spiro atoms. The van der Waals surface area contributed by atoms with E-state index in [0.29, 0.717) is 6.79 Å². The molecule has 2 aliphatic heterocycles. The highest BCUT2D eigenvalue weighted by molar-refractivity contribution is 5.78. The zero-order valence-electron chi connectivity index (χ0n) is 16.9. The molecule has 1 saturated carbocycles. The monoisotopic (exact) mass is 398 g/mol. The first-order valence-corrected chi connectivity index (χ1v) is 10.7. The number of rotatable bonds is 6. The molecular weight excluding hydrogens is 368 g/mol. The van der Waals surface area contributed by atoms with Crippen LogP contribution in [0, 0.1) is 17.2 Å². The van der Waals surface area contributed by atoms with Crippen molar-refractivity contribution in [3.05, 3.63) is 18.2 Å². The molecule has 1 aliphatic carbocycles. The molecule has 2 heterocycles. The fraction of sp³-hybridized carbons (Fsp3) is 0.636. The normalized spacial score (nSPS) is 24.2. The van der Waals surface area contributed by atoms with Gasteiger partial charge in [0.15, 0.2) is 11.5 Å². The van der Waals surface area contributed by atoms with Crippen LogP contribution in [0.15, 0.2) is 18.2 Å². The molecule has 1 saturated heterocycles. The number of nitriles is 1. The summed E-state index contributed by atoms with van der Waals surface area (Å²) in [4.78, 5) is 16.6. The molecule has 1 aromatic rings. The van der Waals surface area contributed by atoms with Gasteiger partial charge in [0.05, 0.1) is 6.07 Å². The minimum Gasteiger partial charge on any atom is -0.454 e. The van der Waals surface area contributed by atoms with Gasteiger partial charge in [-0.1, -0.05) is 0 Å². The highest BCUT2D eigenvalue weighted by Crippen LogP contribution is 2.35. The maximum Gasteiger partial charge on any atom is 0.234 e. The molecule has 4 rings (SSSR count). The van der Waals surface area contributed by atoms with Crippen LogP contribution in [0.1, 0.15) is 38.5 Å². The number of piperazine rings is 1. The highest BCUT2D eigenvalue weighted by Gasteiger charge is 2.24. The van der Waals surface area contributed by atoms with E-state index in [4.69, 9.17) is 14.7 Å². The van der Waals surface area contributed by atoms with Crippen molar-refractivity contribution in [2.75, 3.05) is 44.4 Å². The van der Waals surface area contributed by atoms with Crippen LogP contribution in [0.4, 0.5) is 5.69 Å². The van der Waals surface area contributed by atoms with E-state index in [-0.39, 0.29) is 18.4 Å². The van der Waals surface area contributed by atoms with Gasteiger partial charge in [0.1, 0.15) is 6.42 Å². The van der Waals surface area contributed by atoms with Gasteiger partial charge in [0.25, 0.3) is 0 Å². The van der Waals surface area contributed by atoms with Crippen molar-refractivity contribution < 1.29 is 14.3 Å². The Labute approximate surface area is 172 Å². The summed E-state index contributed by atoms with van der Waals surface area (Å²) in [7, 11) is 0. The third-order valence-corrected chi connectivity index (χ3v) is 6.40. The Hall–Kier alpha value is -2.46. The summed E-state index contributed by atoms with van der Waals surface area (Å²) in [5.41, 5.74) is 1.21. The fourth-order valence-corrected chi connectivity index (χ4v) is 4.62. The Kier molecular flexibility index (Phi) is 6.40. The molecule has 0 radical (unpaired) electrons. The number of hydrogen-bond acceptors (Lipinski definition) is 6. The maximum absolute atomic E-state index is 11.6. The van der Waals surface area contributed by atoms with Gasteiger partial charge in [-0.3, -0.25) is 9.69 Å². The Morgan fingerprint density at radius 1 is 1.10 bits per heavy atom. The van der Waals surface area contributed by atoms with Crippen LogP contribution in [0.3, 0.4) is 0 Å². The van der Waals surface area contributed by atoms with Crippen molar-refractivity contribution in [3.8, 4) is 17.6 Å². The zero-order valence-corrected chi connectivity index (χ0v) is 16.9. The molecule has 0 bridgehead atoms. The van der Waals surface area contributed by atoms with Gasteiger partial charge in [-0.05, 0) is 56.7 Å². The molecule has 7 heteroatoms. The Morgan fingerprint density at radius 3 is 2.62 bits per heavy atom. The molecule has 1 amide bonds. The Bertz CT molecular complexity index is 747. The van der Waals surface area contributed by atoms with E-state index in [1.54, 1.807) is 0 Å². The molecule has 0 atom stereocenters. The summed E-state index contributed by atoms with van der Waals surface area (Å²) < 4.78 is 10.9. The van der Waals surface area contributed by atoms with Crippen LogP contribution in [-0.4, -0.2) is 56.4 Å². The molecule has 0 aromatic heterocycles. The number of amides is 1.